The van der Waals surface area contributed by atoms with Crippen LogP contribution in [-0.4, -0.2) is 39.5 Å². The maximum Gasteiger partial charge on any atom is 0.323 e. The van der Waals surface area contributed by atoms with Crippen LogP contribution in [0.25, 0.3) is 9.88 Å². The van der Waals surface area contributed by atoms with E-state index in [2.05, 4.69) is 20.9 Å². The molecule has 21 heavy (non-hydrogen) atoms. The van der Waals surface area contributed by atoms with Crippen molar-refractivity contribution < 1.29 is 14.7 Å². The molecule has 3 rings (SSSR count). The lowest BCUT2D eigenvalue weighted by Crippen LogP contribution is -2.37. The van der Waals surface area contributed by atoms with Gasteiger partial charge >= 0.3 is 5.97 Å². The van der Waals surface area contributed by atoms with Crippen LogP contribution < -0.4 is 0 Å². The van der Waals surface area contributed by atoms with Gasteiger partial charge in [-0.05, 0) is 40.9 Å². The minimum absolute atomic E-state index is 0.0506. The van der Waals surface area contributed by atoms with Crippen LogP contribution in [0.15, 0.2) is 21.3 Å². The van der Waals surface area contributed by atoms with Crippen molar-refractivity contribution in [2.24, 2.45) is 0 Å². The summed E-state index contributed by atoms with van der Waals surface area (Å²) in [6.07, 6.45) is 1.74. The van der Waals surface area contributed by atoms with E-state index in [0.717, 1.165) is 26.5 Å². The van der Waals surface area contributed by atoms with Crippen molar-refractivity contribution in [3.63, 3.8) is 0 Å². The first-order valence-electron chi connectivity index (χ1n) is 6.28. The molecule has 2 aromatic rings. The molecule has 0 bridgehead atoms. The van der Waals surface area contributed by atoms with E-state index in [9.17, 15) is 9.59 Å². The first kappa shape index (κ1) is 14.7. The molecule has 0 saturated heterocycles. The smallest absolute Gasteiger partial charge is 0.323 e. The first-order valence-corrected chi connectivity index (χ1v) is 8.77. The molecule has 2 aromatic heterocycles. The molecule has 1 fully saturated rings. The van der Waals surface area contributed by atoms with Crippen molar-refractivity contribution in [1.82, 2.24) is 9.88 Å². The van der Waals surface area contributed by atoms with E-state index in [1.54, 1.807) is 16.7 Å². The largest absolute Gasteiger partial charge is 0.480 e. The maximum atomic E-state index is 12.4. The first-order chi connectivity index (χ1) is 10.0. The third-order valence-electron chi connectivity index (χ3n) is 3.06. The summed E-state index contributed by atoms with van der Waals surface area (Å²) < 4.78 is 1.01. The Balaban J connectivity index is 1.81. The Hall–Kier alpha value is -1.25. The number of nitrogens with zero attached hydrogens (tertiary/aromatic N) is 2. The molecule has 2 heterocycles. The molecule has 8 heteroatoms. The van der Waals surface area contributed by atoms with Crippen LogP contribution in [0.3, 0.4) is 0 Å². The molecule has 0 spiro atoms. The Morgan fingerprint density at radius 2 is 2.19 bits per heavy atom. The number of thiazole rings is 1. The van der Waals surface area contributed by atoms with Gasteiger partial charge in [-0.1, -0.05) is 0 Å². The van der Waals surface area contributed by atoms with Crippen molar-refractivity contribution >= 4 is 50.5 Å². The summed E-state index contributed by atoms with van der Waals surface area (Å²) in [6.45, 7) is -0.263. The highest BCUT2D eigenvalue weighted by atomic mass is 79.9. The molecular weight excluding hydrogens is 376 g/mol. The molecule has 1 amide bonds. The fraction of sp³-hybridized carbons (Fsp3) is 0.308. The molecule has 0 unspecified atom stereocenters. The van der Waals surface area contributed by atoms with Gasteiger partial charge < -0.3 is 10.0 Å². The Morgan fingerprint density at radius 3 is 2.76 bits per heavy atom. The van der Waals surface area contributed by atoms with Crippen LogP contribution in [0.5, 0.6) is 0 Å². The second-order valence-corrected chi connectivity index (χ2v) is 8.02. The Labute approximate surface area is 137 Å². The second-order valence-electron chi connectivity index (χ2n) is 4.70. The number of amides is 1. The summed E-state index contributed by atoms with van der Waals surface area (Å²) in [4.78, 5) is 30.1. The van der Waals surface area contributed by atoms with Crippen molar-refractivity contribution in [2.45, 2.75) is 18.9 Å². The minimum atomic E-state index is -0.993. The van der Waals surface area contributed by atoms with Gasteiger partial charge in [0.15, 0.2) is 0 Å². The normalized spacial score (nSPS) is 14.1. The zero-order valence-electron chi connectivity index (χ0n) is 10.8. The minimum Gasteiger partial charge on any atom is -0.480 e. The highest BCUT2D eigenvalue weighted by molar-refractivity contribution is 9.11. The number of aromatic nitrogens is 1. The van der Waals surface area contributed by atoms with Crippen molar-refractivity contribution in [3.8, 4) is 9.88 Å². The highest BCUT2D eigenvalue weighted by Gasteiger charge is 2.35. The summed E-state index contributed by atoms with van der Waals surface area (Å²) >= 11 is 6.34. The number of carbonyl (C=O) groups is 2. The second kappa shape index (κ2) is 5.86. The number of carbonyl (C=O) groups excluding carboxylic acids is 1. The van der Waals surface area contributed by atoms with Gasteiger partial charge in [-0.15, -0.1) is 22.7 Å². The van der Waals surface area contributed by atoms with Crippen LogP contribution in [0, 0.1) is 0 Å². The summed E-state index contributed by atoms with van der Waals surface area (Å²) in [6, 6.07) is 3.93. The third-order valence-corrected chi connectivity index (χ3v) is 5.70. The summed E-state index contributed by atoms with van der Waals surface area (Å²) in [5.41, 5.74) is 0.327. The van der Waals surface area contributed by atoms with E-state index in [4.69, 9.17) is 5.11 Å². The van der Waals surface area contributed by atoms with Crippen molar-refractivity contribution in [3.05, 3.63) is 27.0 Å². The van der Waals surface area contributed by atoms with Crippen molar-refractivity contribution in [2.75, 3.05) is 6.54 Å². The average molecular weight is 387 g/mol. The molecule has 110 valence electrons. The van der Waals surface area contributed by atoms with Gasteiger partial charge in [-0.25, -0.2) is 4.98 Å². The molecule has 0 atom stereocenters. The molecule has 0 aromatic carbocycles. The third kappa shape index (κ3) is 3.33. The van der Waals surface area contributed by atoms with Gasteiger partial charge in [-0.2, -0.15) is 0 Å². The van der Waals surface area contributed by atoms with Gasteiger partial charge in [0, 0.05) is 11.4 Å². The van der Waals surface area contributed by atoms with Crippen LogP contribution >= 0.6 is 38.6 Å². The topological polar surface area (TPSA) is 70.5 Å². The van der Waals surface area contributed by atoms with E-state index in [1.165, 1.54) is 16.2 Å². The molecule has 1 N–H and O–H groups in total. The zero-order valence-corrected chi connectivity index (χ0v) is 14.0. The van der Waals surface area contributed by atoms with Crippen molar-refractivity contribution in [1.29, 1.82) is 0 Å². The van der Waals surface area contributed by atoms with Gasteiger partial charge in [0.2, 0.25) is 0 Å². The van der Waals surface area contributed by atoms with E-state index in [-0.39, 0.29) is 18.5 Å². The number of thiophene rings is 1. The van der Waals surface area contributed by atoms with Gasteiger partial charge in [-0.3, -0.25) is 9.59 Å². The van der Waals surface area contributed by atoms with Gasteiger partial charge in [0.25, 0.3) is 5.91 Å². The number of carboxylic acids is 1. The van der Waals surface area contributed by atoms with E-state index in [0.29, 0.717) is 5.69 Å². The summed E-state index contributed by atoms with van der Waals surface area (Å²) in [5.74, 6) is -1.29. The van der Waals surface area contributed by atoms with E-state index in [1.807, 2.05) is 12.1 Å². The predicted octanol–water partition coefficient (Wildman–Crippen LogP) is 3.32. The number of carboxylic acid groups (broad SMARTS) is 1. The summed E-state index contributed by atoms with van der Waals surface area (Å²) in [7, 11) is 0. The summed E-state index contributed by atoms with van der Waals surface area (Å²) in [5, 5.41) is 11.4. The SMILES string of the molecule is O=C(O)CN(C(=O)c1csc(-c2ccc(Br)s2)n1)C1CC1. The van der Waals surface area contributed by atoms with Crippen LogP contribution in [0.4, 0.5) is 0 Å². The monoisotopic (exact) mass is 386 g/mol. The molecule has 5 nitrogen and oxygen atoms in total. The molecule has 1 aliphatic rings. The Morgan fingerprint density at radius 1 is 1.43 bits per heavy atom. The lowest BCUT2D eigenvalue weighted by Gasteiger charge is -2.18. The Bertz CT molecular complexity index is 693. The number of rotatable bonds is 5. The molecule has 0 radical (unpaired) electrons. The Kier molecular flexibility index (Phi) is 4.10. The lowest BCUT2D eigenvalue weighted by atomic mass is 10.3. The number of halogens is 1. The number of aliphatic carboxylic acids is 1. The number of hydrogen-bond donors (Lipinski definition) is 1. The predicted molar refractivity (Wildman–Crippen MR) is 84.8 cm³/mol. The lowest BCUT2D eigenvalue weighted by molar-refractivity contribution is -0.137. The van der Waals surface area contributed by atoms with Gasteiger partial charge in [0.05, 0.1) is 8.66 Å². The quantitative estimate of drug-likeness (QED) is 0.855. The van der Waals surface area contributed by atoms with Crippen LogP contribution in [0.1, 0.15) is 23.3 Å². The zero-order chi connectivity index (χ0) is 15.0. The molecule has 1 saturated carbocycles. The molecular formula is C13H11BrN2O3S2. The molecule has 0 aliphatic heterocycles. The fourth-order valence-corrected chi connectivity index (χ4v) is 4.21. The number of hydrogen-bond acceptors (Lipinski definition) is 5. The standard InChI is InChI=1S/C13H11BrN2O3S2/c14-10-4-3-9(21-10)12-15-8(6-20-12)13(19)16(5-11(17)18)7-1-2-7/h3-4,6-7H,1-2,5H2,(H,17,18). The molecule has 1 aliphatic carbocycles. The van der Waals surface area contributed by atoms with Crippen LogP contribution in [0.2, 0.25) is 0 Å². The van der Waals surface area contributed by atoms with Crippen LogP contribution in [-0.2, 0) is 4.79 Å². The van der Waals surface area contributed by atoms with Gasteiger partial charge in [0.1, 0.15) is 17.2 Å². The highest BCUT2D eigenvalue weighted by Crippen LogP contribution is 2.34. The maximum absolute atomic E-state index is 12.4. The fourth-order valence-electron chi connectivity index (χ4n) is 1.96. The van der Waals surface area contributed by atoms with E-state index < -0.39 is 5.97 Å². The van der Waals surface area contributed by atoms with E-state index >= 15 is 0 Å². The average Bonchev–Trinajstić information content (AvgIpc) is 2.98.